The third-order valence-corrected chi connectivity index (χ3v) is 3.79. The lowest BCUT2D eigenvalue weighted by Crippen LogP contribution is -2.06. The van der Waals surface area contributed by atoms with Crippen molar-refractivity contribution in [2.24, 2.45) is 0 Å². The Morgan fingerprint density at radius 3 is 2.43 bits per heavy atom. The molecule has 21 heavy (non-hydrogen) atoms. The molecule has 118 valence electrons. The number of nitro groups is 1. The van der Waals surface area contributed by atoms with E-state index in [0.29, 0.717) is 10.3 Å². The molecule has 0 spiro atoms. The van der Waals surface area contributed by atoms with Crippen LogP contribution in [0.5, 0.6) is 0 Å². The molecule has 0 amide bonds. The third kappa shape index (κ3) is 7.41. The predicted octanol–water partition coefficient (Wildman–Crippen LogP) is 5.30. The number of halogens is 1. The highest BCUT2D eigenvalue weighted by Gasteiger charge is 2.15. The van der Waals surface area contributed by atoms with Gasteiger partial charge in [0, 0.05) is 23.3 Å². The van der Waals surface area contributed by atoms with E-state index < -0.39 is 4.92 Å². The van der Waals surface area contributed by atoms with Crippen LogP contribution < -0.4 is 5.32 Å². The van der Waals surface area contributed by atoms with E-state index in [2.05, 4.69) is 33.2 Å². The second kappa shape index (κ2) is 10.5. The van der Waals surface area contributed by atoms with Crippen LogP contribution in [-0.2, 0) is 0 Å². The van der Waals surface area contributed by atoms with E-state index in [1.807, 2.05) is 0 Å². The first kappa shape index (κ1) is 17.9. The Hall–Kier alpha value is -1.17. The molecule has 5 nitrogen and oxygen atoms in total. The summed E-state index contributed by atoms with van der Waals surface area (Å²) < 4.78 is 0.617. The van der Waals surface area contributed by atoms with Crippen LogP contribution in [0.2, 0.25) is 0 Å². The average Bonchev–Trinajstić information content (AvgIpc) is 2.46. The first-order chi connectivity index (χ1) is 10.1. The molecule has 1 rings (SSSR count). The number of rotatable bonds is 11. The van der Waals surface area contributed by atoms with Gasteiger partial charge in [0.1, 0.15) is 0 Å². The van der Waals surface area contributed by atoms with Gasteiger partial charge < -0.3 is 5.32 Å². The Kier molecular flexibility index (Phi) is 8.98. The highest BCUT2D eigenvalue weighted by molar-refractivity contribution is 9.10. The molecule has 0 aliphatic rings. The van der Waals surface area contributed by atoms with E-state index in [4.69, 9.17) is 0 Å². The molecule has 0 unspecified atom stereocenters. The quantitative estimate of drug-likeness (QED) is 0.331. The average molecular weight is 358 g/mol. The van der Waals surface area contributed by atoms with Gasteiger partial charge in [0.05, 0.1) is 4.92 Å². The summed E-state index contributed by atoms with van der Waals surface area (Å²) >= 11 is 3.20. The molecule has 0 saturated carbocycles. The van der Waals surface area contributed by atoms with Crippen LogP contribution in [0.4, 0.5) is 11.5 Å². The highest BCUT2D eigenvalue weighted by atomic mass is 79.9. The van der Waals surface area contributed by atoms with Crippen molar-refractivity contribution in [3.8, 4) is 0 Å². The molecule has 1 aromatic heterocycles. The smallest absolute Gasteiger partial charge is 0.312 e. The number of nitrogens with zero attached hydrogens (tertiary/aromatic N) is 2. The zero-order valence-corrected chi connectivity index (χ0v) is 14.2. The standard InChI is InChI=1S/C15H24BrN3O2/c1-2-3-4-5-6-7-8-9-10-17-15-14(19(20)21)11-13(16)12-18-15/h11-12H,2-10H2,1H3,(H,17,18). The number of hydrogen-bond donors (Lipinski definition) is 1. The van der Waals surface area contributed by atoms with E-state index in [1.54, 1.807) is 6.20 Å². The van der Waals surface area contributed by atoms with Crippen LogP contribution in [0.3, 0.4) is 0 Å². The molecule has 1 N–H and O–H groups in total. The van der Waals surface area contributed by atoms with Crippen molar-refractivity contribution in [2.45, 2.75) is 58.3 Å². The number of aromatic nitrogens is 1. The normalized spacial score (nSPS) is 10.6. The number of hydrogen-bond acceptors (Lipinski definition) is 4. The largest absolute Gasteiger partial charge is 0.364 e. The fraction of sp³-hybridized carbons (Fsp3) is 0.667. The number of unbranched alkanes of at least 4 members (excludes halogenated alkanes) is 7. The van der Waals surface area contributed by atoms with Gasteiger partial charge in [-0.15, -0.1) is 0 Å². The van der Waals surface area contributed by atoms with Crippen molar-refractivity contribution in [3.63, 3.8) is 0 Å². The van der Waals surface area contributed by atoms with Gasteiger partial charge in [-0.05, 0) is 22.4 Å². The van der Waals surface area contributed by atoms with Gasteiger partial charge in [0.25, 0.3) is 0 Å². The molecule has 0 atom stereocenters. The molecule has 1 heterocycles. The van der Waals surface area contributed by atoms with Crippen LogP contribution in [0.1, 0.15) is 58.3 Å². The molecular formula is C15H24BrN3O2. The molecule has 0 saturated heterocycles. The number of nitrogens with one attached hydrogen (secondary N) is 1. The van der Waals surface area contributed by atoms with Gasteiger partial charge in [-0.1, -0.05) is 51.9 Å². The van der Waals surface area contributed by atoms with E-state index >= 15 is 0 Å². The topological polar surface area (TPSA) is 68.1 Å². The zero-order chi connectivity index (χ0) is 15.5. The van der Waals surface area contributed by atoms with Gasteiger partial charge in [-0.2, -0.15) is 0 Å². The van der Waals surface area contributed by atoms with Crippen molar-refractivity contribution in [1.82, 2.24) is 4.98 Å². The van der Waals surface area contributed by atoms with Crippen LogP contribution >= 0.6 is 15.9 Å². The van der Waals surface area contributed by atoms with E-state index in [-0.39, 0.29) is 5.69 Å². The van der Waals surface area contributed by atoms with Gasteiger partial charge in [-0.3, -0.25) is 10.1 Å². The van der Waals surface area contributed by atoms with Crippen molar-refractivity contribution in [2.75, 3.05) is 11.9 Å². The van der Waals surface area contributed by atoms with Gasteiger partial charge in [-0.25, -0.2) is 4.98 Å². The monoisotopic (exact) mass is 357 g/mol. The molecule has 0 aromatic carbocycles. The molecule has 0 aliphatic heterocycles. The summed E-state index contributed by atoms with van der Waals surface area (Å²) in [6.45, 7) is 2.95. The molecule has 0 bridgehead atoms. The molecular weight excluding hydrogens is 334 g/mol. The Bertz CT molecular complexity index is 441. The second-order valence-corrected chi connectivity index (χ2v) is 6.10. The van der Waals surface area contributed by atoms with Gasteiger partial charge in [0.15, 0.2) is 0 Å². The molecule has 1 aromatic rings. The summed E-state index contributed by atoms with van der Waals surface area (Å²) in [6, 6.07) is 1.48. The maximum Gasteiger partial charge on any atom is 0.312 e. The maximum absolute atomic E-state index is 10.9. The summed E-state index contributed by atoms with van der Waals surface area (Å²) in [7, 11) is 0. The fourth-order valence-corrected chi connectivity index (χ4v) is 2.49. The first-order valence-electron chi connectivity index (χ1n) is 7.69. The van der Waals surface area contributed by atoms with Crippen LogP contribution in [0, 0.1) is 10.1 Å². The van der Waals surface area contributed by atoms with E-state index in [0.717, 1.165) is 19.4 Å². The lowest BCUT2D eigenvalue weighted by Gasteiger charge is -2.06. The lowest BCUT2D eigenvalue weighted by molar-refractivity contribution is -0.384. The fourth-order valence-electron chi connectivity index (χ4n) is 2.17. The summed E-state index contributed by atoms with van der Waals surface area (Å²) in [5.74, 6) is 0.353. The van der Waals surface area contributed by atoms with Crippen LogP contribution in [0.15, 0.2) is 16.7 Å². The van der Waals surface area contributed by atoms with Gasteiger partial charge in [0.2, 0.25) is 5.82 Å². The number of pyridine rings is 1. The van der Waals surface area contributed by atoms with Crippen LogP contribution in [-0.4, -0.2) is 16.5 Å². The predicted molar refractivity (Wildman–Crippen MR) is 89.7 cm³/mol. The Balaban J connectivity index is 2.20. The van der Waals surface area contributed by atoms with Crippen molar-refractivity contribution < 1.29 is 4.92 Å². The van der Waals surface area contributed by atoms with Crippen molar-refractivity contribution in [3.05, 3.63) is 26.9 Å². The molecule has 0 aliphatic carbocycles. The molecule has 0 radical (unpaired) electrons. The maximum atomic E-state index is 10.9. The second-order valence-electron chi connectivity index (χ2n) is 5.18. The summed E-state index contributed by atoms with van der Waals surface area (Å²) in [6.07, 6.45) is 11.5. The summed E-state index contributed by atoms with van der Waals surface area (Å²) in [4.78, 5) is 14.6. The van der Waals surface area contributed by atoms with E-state index in [9.17, 15) is 10.1 Å². The zero-order valence-electron chi connectivity index (χ0n) is 12.6. The highest BCUT2D eigenvalue weighted by Crippen LogP contribution is 2.25. The lowest BCUT2D eigenvalue weighted by atomic mass is 10.1. The molecule has 0 fully saturated rings. The SMILES string of the molecule is CCCCCCCCCCNc1ncc(Br)cc1[N+](=O)[O-]. The van der Waals surface area contributed by atoms with Gasteiger partial charge >= 0.3 is 5.69 Å². The minimum atomic E-state index is -0.409. The minimum absolute atomic E-state index is 0.0175. The Morgan fingerprint density at radius 2 is 1.81 bits per heavy atom. The first-order valence-corrected chi connectivity index (χ1v) is 8.48. The minimum Gasteiger partial charge on any atom is -0.364 e. The Morgan fingerprint density at radius 1 is 1.19 bits per heavy atom. The Labute approximate surface area is 134 Å². The summed E-state index contributed by atoms with van der Waals surface area (Å²) in [5.41, 5.74) is 0.0175. The van der Waals surface area contributed by atoms with E-state index in [1.165, 1.54) is 44.6 Å². The summed E-state index contributed by atoms with van der Waals surface area (Å²) in [5, 5.41) is 14.0. The third-order valence-electron chi connectivity index (χ3n) is 3.35. The van der Waals surface area contributed by atoms with Crippen molar-refractivity contribution >= 4 is 27.4 Å². The molecule has 6 heteroatoms. The van der Waals surface area contributed by atoms with Crippen LogP contribution in [0.25, 0.3) is 0 Å². The number of anilines is 1. The van der Waals surface area contributed by atoms with Crippen molar-refractivity contribution in [1.29, 1.82) is 0 Å².